The van der Waals surface area contributed by atoms with E-state index in [1.54, 1.807) is 0 Å². The van der Waals surface area contributed by atoms with Gasteiger partial charge in [-0.2, -0.15) is 0 Å². The predicted molar refractivity (Wildman–Crippen MR) is 70.0 cm³/mol. The quantitative estimate of drug-likeness (QED) is 0.627. The number of carbonyl (C=O) groups excluding carboxylic acids is 1. The van der Waals surface area contributed by atoms with Crippen molar-refractivity contribution in [1.82, 2.24) is 4.90 Å². The van der Waals surface area contributed by atoms with E-state index in [2.05, 4.69) is 13.5 Å². The van der Waals surface area contributed by atoms with E-state index >= 15 is 0 Å². The second-order valence-corrected chi connectivity index (χ2v) is 3.76. The molecule has 0 saturated heterocycles. The van der Waals surface area contributed by atoms with E-state index in [-0.39, 0.29) is 5.91 Å². The summed E-state index contributed by atoms with van der Waals surface area (Å²) < 4.78 is 0. The third-order valence-electron chi connectivity index (χ3n) is 2.23. The van der Waals surface area contributed by atoms with Crippen LogP contribution in [0.25, 0.3) is 0 Å². The highest BCUT2D eigenvalue weighted by molar-refractivity contribution is 5.78. The van der Waals surface area contributed by atoms with E-state index in [0.717, 1.165) is 24.2 Å². The van der Waals surface area contributed by atoms with E-state index in [1.165, 1.54) is 0 Å². The van der Waals surface area contributed by atoms with Gasteiger partial charge in [0.1, 0.15) is 0 Å². The Kier molecular flexibility index (Phi) is 7.27. The third kappa shape index (κ3) is 4.47. The highest BCUT2D eigenvalue weighted by atomic mass is 16.2. The Morgan fingerprint density at radius 1 is 1.38 bits per heavy atom. The highest BCUT2D eigenvalue weighted by Gasteiger charge is 2.15. The van der Waals surface area contributed by atoms with Crippen molar-refractivity contribution in [1.29, 1.82) is 0 Å². The third-order valence-corrected chi connectivity index (χ3v) is 2.23. The van der Waals surface area contributed by atoms with E-state index < -0.39 is 0 Å². The zero-order valence-electron chi connectivity index (χ0n) is 10.9. The van der Waals surface area contributed by atoms with Crippen LogP contribution in [-0.2, 0) is 4.79 Å². The minimum atomic E-state index is 0.153. The molecule has 2 heteroatoms. The Labute approximate surface area is 99.3 Å². The summed E-state index contributed by atoms with van der Waals surface area (Å²) in [7, 11) is 0. The summed E-state index contributed by atoms with van der Waals surface area (Å²) in [5, 5.41) is 0. The number of carbonyl (C=O) groups is 1. The van der Waals surface area contributed by atoms with Gasteiger partial charge in [-0.25, -0.2) is 0 Å². The molecule has 0 N–H and O–H groups in total. The van der Waals surface area contributed by atoms with E-state index in [9.17, 15) is 4.79 Å². The fourth-order valence-corrected chi connectivity index (χ4v) is 1.44. The Bertz CT molecular complexity index is 300. The molecule has 16 heavy (non-hydrogen) atoms. The lowest BCUT2D eigenvalue weighted by Gasteiger charge is -2.25. The maximum Gasteiger partial charge on any atom is 0.226 e. The minimum absolute atomic E-state index is 0.153. The monoisotopic (exact) mass is 221 g/mol. The van der Waals surface area contributed by atoms with E-state index in [4.69, 9.17) is 0 Å². The summed E-state index contributed by atoms with van der Waals surface area (Å²) in [5.41, 5.74) is 1.85. The number of amides is 1. The molecule has 0 aliphatic rings. The number of hydrogen-bond donors (Lipinski definition) is 0. The van der Waals surface area contributed by atoms with Crippen LogP contribution >= 0.6 is 0 Å². The zero-order chi connectivity index (χ0) is 12.6. The number of nitrogens with zero attached hydrogens (tertiary/aromatic N) is 1. The van der Waals surface area contributed by atoms with Crippen molar-refractivity contribution in [3.8, 4) is 0 Å². The molecule has 0 atom stereocenters. The van der Waals surface area contributed by atoms with Crippen LogP contribution in [0.1, 0.15) is 40.5 Å². The Morgan fingerprint density at radius 2 is 2.00 bits per heavy atom. The van der Waals surface area contributed by atoms with Crippen LogP contribution < -0.4 is 0 Å². The van der Waals surface area contributed by atoms with Gasteiger partial charge in [0.05, 0.1) is 0 Å². The van der Waals surface area contributed by atoms with Crippen LogP contribution in [0.3, 0.4) is 0 Å². The first kappa shape index (κ1) is 14.7. The fraction of sp³-hybridized carbons (Fsp3) is 0.500. The molecule has 90 valence electrons. The van der Waals surface area contributed by atoms with Gasteiger partial charge in [0.15, 0.2) is 0 Å². The average molecular weight is 221 g/mol. The largest absolute Gasteiger partial charge is 0.312 e. The highest BCUT2D eigenvalue weighted by Crippen LogP contribution is 2.15. The van der Waals surface area contributed by atoms with Crippen molar-refractivity contribution in [3.05, 3.63) is 36.1 Å². The molecule has 0 aromatic rings. The Hall–Kier alpha value is -1.31. The Balaban J connectivity index is 5.09. The number of allylic oxidation sites excluding steroid dienone is 4. The summed E-state index contributed by atoms with van der Waals surface area (Å²) in [6.07, 6.45) is 7.32. The lowest BCUT2D eigenvalue weighted by atomic mass is 10.1. The smallest absolute Gasteiger partial charge is 0.226 e. The normalized spacial score (nSPS) is 11.9. The van der Waals surface area contributed by atoms with Gasteiger partial charge in [0.2, 0.25) is 5.91 Å². The first-order chi connectivity index (χ1) is 7.58. The SMILES string of the molecule is C=C(C)/C(=C\C=C/C)N(CCC)C(=O)CC. The van der Waals surface area contributed by atoms with Crippen LogP contribution in [-0.4, -0.2) is 17.4 Å². The van der Waals surface area contributed by atoms with Gasteiger partial charge < -0.3 is 4.90 Å². The first-order valence-electron chi connectivity index (χ1n) is 5.87. The van der Waals surface area contributed by atoms with Gasteiger partial charge >= 0.3 is 0 Å². The molecule has 0 rings (SSSR count). The lowest BCUT2D eigenvalue weighted by molar-refractivity contribution is -0.128. The summed E-state index contributed by atoms with van der Waals surface area (Å²) in [6, 6.07) is 0. The molecule has 0 radical (unpaired) electrons. The van der Waals surface area contributed by atoms with Crippen molar-refractivity contribution in [2.45, 2.75) is 40.5 Å². The molecule has 0 aromatic carbocycles. The molecule has 0 heterocycles. The van der Waals surface area contributed by atoms with Crippen molar-refractivity contribution in [2.24, 2.45) is 0 Å². The van der Waals surface area contributed by atoms with E-state index in [0.29, 0.717) is 6.42 Å². The zero-order valence-corrected chi connectivity index (χ0v) is 10.9. The molecule has 0 unspecified atom stereocenters. The van der Waals surface area contributed by atoms with Gasteiger partial charge in [-0.3, -0.25) is 4.79 Å². The van der Waals surface area contributed by atoms with Crippen molar-refractivity contribution in [3.63, 3.8) is 0 Å². The lowest BCUT2D eigenvalue weighted by Crippen LogP contribution is -2.30. The number of rotatable bonds is 6. The van der Waals surface area contributed by atoms with E-state index in [1.807, 2.05) is 43.9 Å². The van der Waals surface area contributed by atoms with Crippen LogP contribution in [0.4, 0.5) is 0 Å². The summed E-state index contributed by atoms with van der Waals surface area (Å²) >= 11 is 0. The summed E-state index contributed by atoms with van der Waals surface area (Å²) in [6.45, 7) is 12.5. The molecule has 0 aliphatic carbocycles. The molecule has 0 aliphatic heterocycles. The van der Waals surface area contributed by atoms with Crippen LogP contribution in [0, 0.1) is 0 Å². The topological polar surface area (TPSA) is 20.3 Å². The molecule has 0 aromatic heterocycles. The second kappa shape index (κ2) is 7.91. The summed E-state index contributed by atoms with van der Waals surface area (Å²) in [5.74, 6) is 0.153. The van der Waals surface area contributed by atoms with Gasteiger partial charge in [-0.15, -0.1) is 0 Å². The van der Waals surface area contributed by atoms with Gasteiger partial charge in [0, 0.05) is 18.7 Å². The minimum Gasteiger partial charge on any atom is -0.312 e. The first-order valence-corrected chi connectivity index (χ1v) is 5.87. The number of hydrogen-bond acceptors (Lipinski definition) is 1. The fourth-order valence-electron chi connectivity index (χ4n) is 1.44. The molecule has 0 saturated carbocycles. The molecule has 0 bridgehead atoms. The molecular weight excluding hydrogens is 198 g/mol. The van der Waals surface area contributed by atoms with Crippen LogP contribution in [0.15, 0.2) is 36.1 Å². The second-order valence-electron chi connectivity index (χ2n) is 3.76. The van der Waals surface area contributed by atoms with Crippen LogP contribution in [0.5, 0.6) is 0 Å². The molecule has 2 nitrogen and oxygen atoms in total. The van der Waals surface area contributed by atoms with Gasteiger partial charge in [-0.05, 0) is 31.9 Å². The predicted octanol–water partition coefficient (Wildman–Crippen LogP) is 3.67. The maximum atomic E-state index is 11.8. The van der Waals surface area contributed by atoms with Crippen molar-refractivity contribution < 1.29 is 4.79 Å². The van der Waals surface area contributed by atoms with Gasteiger partial charge in [-0.1, -0.05) is 32.6 Å². The standard InChI is InChI=1S/C14H23NO/c1-6-9-10-13(12(4)5)15(11-7-2)14(16)8-3/h6,9-10H,4,7-8,11H2,1-3,5H3/b9-6-,13-10+. The summed E-state index contributed by atoms with van der Waals surface area (Å²) in [4.78, 5) is 13.7. The molecular formula is C14H23NO. The van der Waals surface area contributed by atoms with Crippen molar-refractivity contribution in [2.75, 3.05) is 6.54 Å². The van der Waals surface area contributed by atoms with Crippen molar-refractivity contribution >= 4 is 5.91 Å². The molecule has 0 fully saturated rings. The van der Waals surface area contributed by atoms with Crippen LogP contribution in [0.2, 0.25) is 0 Å². The molecule has 1 amide bonds. The molecule has 0 spiro atoms. The average Bonchev–Trinajstić information content (AvgIpc) is 2.26. The van der Waals surface area contributed by atoms with Gasteiger partial charge in [0.25, 0.3) is 0 Å². The maximum absolute atomic E-state index is 11.8. The Morgan fingerprint density at radius 3 is 2.38 bits per heavy atom.